The molecule has 0 saturated carbocycles. The van der Waals surface area contributed by atoms with Gasteiger partial charge in [0.1, 0.15) is 5.75 Å². The number of carbonyl (C=O) groups is 3. The topological polar surface area (TPSA) is 128 Å². The third-order valence-electron chi connectivity index (χ3n) is 5.69. The van der Waals surface area contributed by atoms with Crippen LogP contribution in [0.3, 0.4) is 0 Å². The van der Waals surface area contributed by atoms with Gasteiger partial charge in [-0.15, -0.1) is 0 Å². The van der Waals surface area contributed by atoms with Crippen molar-refractivity contribution >= 4 is 39.2 Å². The van der Waals surface area contributed by atoms with E-state index < -0.39 is 34.5 Å². The molecule has 0 atom stereocenters. The van der Waals surface area contributed by atoms with Crippen LogP contribution in [0.25, 0.3) is 0 Å². The SMILES string of the molecule is COC(=O)c1cc(NC(=O)COc2ccc(S(=O)(=O)N3CCc4ccccc43)cc2)cc(C(=O)OC)c1. The predicted octanol–water partition coefficient (Wildman–Crippen LogP) is 3.03. The van der Waals surface area contributed by atoms with E-state index in [1.54, 1.807) is 12.1 Å². The van der Waals surface area contributed by atoms with Crippen molar-refractivity contribution < 1.29 is 37.0 Å². The number of nitrogens with zero attached hydrogens (tertiary/aromatic N) is 1. The molecule has 0 fully saturated rings. The number of sulfonamides is 1. The first-order chi connectivity index (χ1) is 17.7. The van der Waals surface area contributed by atoms with Crippen molar-refractivity contribution in [1.82, 2.24) is 0 Å². The van der Waals surface area contributed by atoms with E-state index in [0.717, 1.165) is 5.56 Å². The minimum atomic E-state index is -3.74. The molecular weight excluding hydrogens is 500 g/mol. The third kappa shape index (κ3) is 5.56. The van der Waals surface area contributed by atoms with E-state index >= 15 is 0 Å². The average Bonchev–Trinajstić information content (AvgIpc) is 3.36. The number of amides is 1. The van der Waals surface area contributed by atoms with Gasteiger partial charge in [-0.1, -0.05) is 18.2 Å². The lowest BCUT2D eigenvalue weighted by Gasteiger charge is -2.19. The molecule has 11 heteroatoms. The van der Waals surface area contributed by atoms with Gasteiger partial charge in [-0.3, -0.25) is 9.10 Å². The van der Waals surface area contributed by atoms with Crippen LogP contribution in [0, 0.1) is 0 Å². The molecular formula is C26H24N2O8S. The number of methoxy groups -OCH3 is 2. The summed E-state index contributed by atoms with van der Waals surface area (Å²) in [5.74, 6) is -1.66. The van der Waals surface area contributed by atoms with E-state index in [0.29, 0.717) is 18.7 Å². The summed E-state index contributed by atoms with van der Waals surface area (Å²) < 4.78 is 42.5. The van der Waals surface area contributed by atoms with Crippen molar-refractivity contribution in [2.45, 2.75) is 11.3 Å². The molecule has 0 saturated heterocycles. The monoisotopic (exact) mass is 524 g/mol. The van der Waals surface area contributed by atoms with Crippen LogP contribution >= 0.6 is 0 Å². The zero-order chi connectivity index (χ0) is 26.6. The predicted molar refractivity (Wildman–Crippen MR) is 134 cm³/mol. The van der Waals surface area contributed by atoms with Crippen molar-refractivity contribution in [3.8, 4) is 5.75 Å². The largest absolute Gasteiger partial charge is 0.484 e. The summed E-state index contributed by atoms with van der Waals surface area (Å²) in [5.41, 5.74) is 1.93. The second-order valence-electron chi connectivity index (χ2n) is 8.05. The summed E-state index contributed by atoms with van der Waals surface area (Å²) >= 11 is 0. The molecule has 0 aromatic heterocycles. The Hall–Kier alpha value is -4.38. The molecule has 0 bridgehead atoms. The van der Waals surface area contributed by atoms with Crippen LogP contribution in [-0.4, -0.2) is 53.6 Å². The highest BCUT2D eigenvalue weighted by Crippen LogP contribution is 2.33. The molecule has 1 N–H and O–H groups in total. The van der Waals surface area contributed by atoms with Crippen LogP contribution in [0.5, 0.6) is 5.75 Å². The Morgan fingerprint density at radius 1 is 0.892 bits per heavy atom. The Balaban J connectivity index is 1.41. The van der Waals surface area contributed by atoms with Crippen molar-refractivity contribution in [2.24, 2.45) is 0 Å². The number of para-hydroxylation sites is 1. The molecule has 0 aliphatic carbocycles. The standard InChI is InChI=1S/C26H24N2O8S/c1-34-25(30)18-13-19(26(31)35-2)15-20(14-18)27-24(29)16-36-21-7-9-22(10-8-21)37(32,33)28-12-11-17-5-3-4-6-23(17)28/h3-10,13-15H,11-12,16H2,1-2H3,(H,27,29). The first-order valence-electron chi connectivity index (χ1n) is 11.2. The number of rotatable bonds is 8. The van der Waals surface area contributed by atoms with E-state index in [1.165, 1.54) is 61.0 Å². The number of anilines is 2. The fraction of sp³-hybridized carbons (Fsp3) is 0.192. The van der Waals surface area contributed by atoms with Crippen molar-refractivity contribution in [3.63, 3.8) is 0 Å². The average molecular weight is 525 g/mol. The lowest BCUT2D eigenvalue weighted by atomic mass is 10.1. The van der Waals surface area contributed by atoms with E-state index in [-0.39, 0.29) is 27.5 Å². The Bertz CT molecular complexity index is 1420. The molecule has 192 valence electrons. The summed E-state index contributed by atoms with van der Waals surface area (Å²) in [6, 6.07) is 17.2. The maximum atomic E-state index is 13.1. The van der Waals surface area contributed by atoms with Gasteiger partial charge in [-0.2, -0.15) is 0 Å². The van der Waals surface area contributed by atoms with Crippen molar-refractivity contribution in [3.05, 3.63) is 83.4 Å². The fourth-order valence-electron chi connectivity index (χ4n) is 3.91. The number of esters is 2. The normalized spacial score (nSPS) is 12.4. The summed E-state index contributed by atoms with van der Waals surface area (Å²) in [7, 11) is -1.36. The zero-order valence-corrected chi connectivity index (χ0v) is 20.9. The highest BCUT2D eigenvalue weighted by molar-refractivity contribution is 7.92. The number of benzene rings is 3. The van der Waals surface area contributed by atoms with Crippen LogP contribution < -0.4 is 14.4 Å². The number of carbonyl (C=O) groups excluding carboxylic acids is 3. The van der Waals surface area contributed by atoms with E-state index in [2.05, 4.69) is 14.8 Å². The van der Waals surface area contributed by atoms with Gasteiger partial charge < -0.3 is 19.5 Å². The summed E-state index contributed by atoms with van der Waals surface area (Å²) in [4.78, 5) is 36.4. The minimum Gasteiger partial charge on any atom is -0.484 e. The van der Waals surface area contributed by atoms with Crippen LogP contribution in [0.2, 0.25) is 0 Å². The Labute approximate surface area is 213 Å². The number of ether oxygens (including phenoxy) is 3. The maximum absolute atomic E-state index is 13.1. The second kappa shape index (κ2) is 10.7. The van der Waals surface area contributed by atoms with Crippen LogP contribution in [-0.2, 0) is 30.7 Å². The first-order valence-corrected chi connectivity index (χ1v) is 12.6. The van der Waals surface area contributed by atoms with Gasteiger partial charge in [-0.05, 0) is 60.5 Å². The minimum absolute atomic E-state index is 0.0547. The number of hydrogen-bond donors (Lipinski definition) is 1. The van der Waals surface area contributed by atoms with Crippen molar-refractivity contribution in [2.75, 3.05) is 37.0 Å². The molecule has 1 aliphatic rings. The number of hydrogen-bond acceptors (Lipinski definition) is 8. The van der Waals surface area contributed by atoms with Crippen LogP contribution in [0.15, 0.2) is 71.6 Å². The molecule has 0 spiro atoms. The maximum Gasteiger partial charge on any atom is 0.337 e. The van der Waals surface area contributed by atoms with Gasteiger partial charge in [0.2, 0.25) is 0 Å². The highest BCUT2D eigenvalue weighted by atomic mass is 32.2. The number of nitrogens with one attached hydrogen (secondary N) is 1. The van der Waals surface area contributed by atoms with Gasteiger partial charge in [0.25, 0.3) is 15.9 Å². The van der Waals surface area contributed by atoms with Gasteiger partial charge in [0, 0.05) is 12.2 Å². The van der Waals surface area contributed by atoms with Crippen molar-refractivity contribution in [1.29, 1.82) is 0 Å². The van der Waals surface area contributed by atoms with Gasteiger partial charge in [-0.25, -0.2) is 18.0 Å². The van der Waals surface area contributed by atoms with E-state index in [1.807, 2.05) is 12.1 Å². The first kappa shape index (κ1) is 25.7. The molecule has 1 aliphatic heterocycles. The molecule has 4 rings (SSSR count). The molecule has 3 aromatic carbocycles. The Morgan fingerprint density at radius 2 is 1.51 bits per heavy atom. The van der Waals surface area contributed by atoms with Gasteiger partial charge in [0.15, 0.2) is 6.61 Å². The summed E-state index contributed by atoms with van der Waals surface area (Å²) in [6.07, 6.45) is 0.648. The molecule has 0 unspecified atom stereocenters. The van der Waals surface area contributed by atoms with E-state index in [4.69, 9.17) is 4.74 Å². The Kier molecular flexibility index (Phi) is 7.44. The molecule has 1 amide bonds. The summed E-state index contributed by atoms with van der Waals surface area (Å²) in [5, 5.41) is 2.55. The van der Waals surface area contributed by atoms with E-state index in [9.17, 15) is 22.8 Å². The van der Waals surface area contributed by atoms with Crippen LogP contribution in [0.1, 0.15) is 26.3 Å². The Morgan fingerprint density at radius 3 is 2.14 bits per heavy atom. The lowest BCUT2D eigenvalue weighted by Crippen LogP contribution is -2.29. The molecule has 1 heterocycles. The quantitative estimate of drug-likeness (QED) is 0.446. The molecule has 0 radical (unpaired) electrons. The fourth-order valence-corrected chi connectivity index (χ4v) is 5.41. The lowest BCUT2D eigenvalue weighted by molar-refractivity contribution is -0.118. The third-order valence-corrected chi connectivity index (χ3v) is 7.51. The molecule has 10 nitrogen and oxygen atoms in total. The zero-order valence-electron chi connectivity index (χ0n) is 20.1. The highest BCUT2D eigenvalue weighted by Gasteiger charge is 2.30. The van der Waals surface area contributed by atoms with Gasteiger partial charge in [0.05, 0.1) is 35.9 Å². The molecule has 37 heavy (non-hydrogen) atoms. The number of fused-ring (bicyclic) bond motifs is 1. The molecule has 3 aromatic rings. The van der Waals surface area contributed by atoms with Gasteiger partial charge >= 0.3 is 11.9 Å². The van der Waals surface area contributed by atoms with Crippen LogP contribution in [0.4, 0.5) is 11.4 Å². The smallest absolute Gasteiger partial charge is 0.337 e. The summed E-state index contributed by atoms with van der Waals surface area (Å²) in [6.45, 7) is -0.0312. The second-order valence-corrected chi connectivity index (χ2v) is 9.91.